The van der Waals surface area contributed by atoms with Gasteiger partial charge in [0.2, 0.25) is 5.91 Å². The smallest absolute Gasteiger partial charge is 0.234 e. The van der Waals surface area contributed by atoms with Crippen molar-refractivity contribution in [3.05, 3.63) is 48.6 Å². The lowest BCUT2D eigenvalue weighted by molar-refractivity contribution is -0.126. The predicted octanol–water partition coefficient (Wildman–Crippen LogP) is 12.7. The quantitative estimate of drug-likeness (QED) is 0.0398. The summed E-state index contributed by atoms with van der Waals surface area (Å²) in [5.41, 5.74) is 3.27. The van der Waals surface area contributed by atoms with Crippen LogP contribution in [0.1, 0.15) is 194 Å². The molecule has 0 saturated heterocycles. The molecule has 0 aliphatic heterocycles. The Balaban J connectivity index is 4.05. The maximum Gasteiger partial charge on any atom is 0.234 e. The fourth-order valence-corrected chi connectivity index (χ4v) is 5.80. The van der Waals surface area contributed by atoms with Crippen LogP contribution in [0.5, 0.6) is 0 Å². The number of carbonyl (C=O) groups excluding carboxylic acids is 1. The van der Waals surface area contributed by atoms with E-state index in [1.165, 1.54) is 141 Å². The molecule has 0 aromatic heterocycles. The Bertz CT molecular complexity index is 693. The van der Waals surface area contributed by atoms with E-state index < -0.39 is 0 Å². The number of amides is 1. The topological polar surface area (TPSA) is 44.4 Å². The van der Waals surface area contributed by atoms with E-state index in [1.807, 2.05) is 7.05 Å². The fourth-order valence-electron chi connectivity index (χ4n) is 5.80. The van der Waals surface area contributed by atoms with Gasteiger partial charge in [0, 0.05) is 19.5 Å². The van der Waals surface area contributed by atoms with Gasteiger partial charge in [-0.05, 0) is 103 Å². The Morgan fingerprint density at radius 1 is 0.468 bits per heavy atom. The molecule has 0 spiro atoms. The van der Waals surface area contributed by atoms with Crippen molar-refractivity contribution in [3.63, 3.8) is 0 Å². The van der Waals surface area contributed by atoms with Crippen LogP contribution < -0.4 is 10.7 Å². The van der Waals surface area contributed by atoms with Crippen molar-refractivity contribution in [2.45, 2.75) is 194 Å². The van der Waals surface area contributed by atoms with Crippen molar-refractivity contribution in [2.75, 3.05) is 26.7 Å². The van der Waals surface area contributed by atoms with E-state index in [0.717, 1.165) is 51.7 Å². The molecular weight excluding hydrogens is 574 g/mol. The standard InChI is InChI=1S/C43H81N3O/c1-4-6-8-10-12-14-16-18-20-22-24-26-28-30-32-37-41-46(45-43(47)39-35-34-36-40-44-3)42-38-33-31-29-27-25-23-21-19-17-15-13-11-9-7-5-2/h12-15,18-21,44H,4-11,16-17,22-42H2,1-3H3,(H,45,47)/b14-12-,15-13-,20-18-,21-19-. The zero-order valence-corrected chi connectivity index (χ0v) is 31.9. The highest BCUT2D eigenvalue weighted by molar-refractivity contribution is 5.75. The Morgan fingerprint density at radius 3 is 1.28 bits per heavy atom. The minimum atomic E-state index is 0.203. The number of unbranched alkanes of at least 4 members (excludes halogenated alkanes) is 20. The molecule has 2 N–H and O–H groups in total. The molecule has 1 amide bonds. The van der Waals surface area contributed by atoms with Crippen LogP contribution in [0, 0.1) is 0 Å². The summed E-state index contributed by atoms with van der Waals surface area (Å²) in [4.78, 5) is 12.6. The molecule has 47 heavy (non-hydrogen) atoms. The summed E-state index contributed by atoms with van der Waals surface area (Å²) < 4.78 is 0. The number of nitrogens with one attached hydrogen (secondary N) is 2. The third-order valence-corrected chi connectivity index (χ3v) is 8.87. The van der Waals surface area contributed by atoms with E-state index in [0.29, 0.717) is 6.42 Å². The van der Waals surface area contributed by atoms with Crippen molar-refractivity contribution in [1.82, 2.24) is 15.8 Å². The normalized spacial score (nSPS) is 12.3. The molecule has 0 atom stereocenters. The van der Waals surface area contributed by atoms with Gasteiger partial charge in [-0.15, -0.1) is 0 Å². The van der Waals surface area contributed by atoms with Gasteiger partial charge in [0.1, 0.15) is 0 Å². The minimum Gasteiger partial charge on any atom is -0.320 e. The van der Waals surface area contributed by atoms with Gasteiger partial charge in [-0.2, -0.15) is 0 Å². The largest absolute Gasteiger partial charge is 0.320 e. The van der Waals surface area contributed by atoms with E-state index in [2.05, 4.69) is 78.2 Å². The van der Waals surface area contributed by atoms with Gasteiger partial charge >= 0.3 is 0 Å². The molecule has 0 unspecified atom stereocenters. The molecule has 0 aromatic rings. The van der Waals surface area contributed by atoms with Gasteiger partial charge in [0.15, 0.2) is 0 Å². The second-order valence-electron chi connectivity index (χ2n) is 13.6. The highest BCUT2D eigenvalue weighted by atomic mass is 16.2. The van der Waals surface area contributed by atoms with Crippen molar-refractivity contribution < 1.29 is 4.79 Å². The monoisotopic (exact) mass is 656 g/mol. The lowest BCUT2D eigenvalue weighted by Crippen LogP contribution is -2.43. The third kappa shape index (κ3) is 38.7. The summed E-state index contributed by atoms with van der Waals surface area (Å²) in [7, 11) is 1.99. The average molecular weight is 656 g/mol. The van der Waals surface area contributed by atoms with Crippen molar-refractivity contribution >= 4 is 5.91 Å². The molecule has 0 rings (SSSR count). The zero-order valence-electron chi connectivity index (χ0n) is 31.9. The van der Waals surface area contributed by atoms with Crippen LogP contribution >= 0.6 is 0 Å². The molecule has 0 fully saturated rings. The molecule has 0 aliphatic carbocycles. The lowest BCUT2D eigenvalue weighted by Gasteiger charge is -2.23. The van der Waals surface area contributed by atoms with Gasteiger partial charge < -0.3 is 5.32 Å². The van der Waals surface area contributed by atoms with E-state index in [-0.39, 0.29) is 5.91 Å². The van der Waals surface area contributed by atoms with Gasteiger partial charge in [-0.3, -0.25) is 10.2 Å². The molecule has 0 aliphatic rings. The summed E-state index contributed by atoms with van der Waals surface area (Å²) in [6, 6.07) is 0. The van der Waals surface area contributed by atoms with Gasteiger partial charge in [0.05, 0.1) is 0 Å². The van der Waals surface area contributed by atoms with Crippen LogP contribution in [0.2, 0.25) is 0 Å². The van der Waals surface area contributed by atoms with Crippen molar-refractivity contribution in [3.8, 4) is 0 Å². The second kappa shape index (κ2) is 40.5. The SMILES string of the molecule is CCCCC/C=C\C/C=C\CCCCCCCCN(CCCCCCCC/C=C\C/C=C\CCCCC)NC(=O)CCCCCNC. The van der Waals surface area contributed by atoms with Crippen molar-refractivity contribution in [2.24, 2.45) is 0 Å². The first kappa shape index (κ1) is 45.3. The molecule has 0 heterocycles. The number of hydrogen-bond acceptors (Lipinski definition) is 3. The van der Waals surface area contributed by atoms with Crippen LogP contribution in [0.3, 0.4) is 0 Å². The first-order valence-electron chi connectivity index (χ1n) is 20.5. The summed E-state index contributed by atoms with van der Waals surface area (Å²) in [6.45, 7) is 7.54. The maximum atomic E-state index is 12.6. The summed E-state index contributed by atoms with van der Waals surface area (Å²) >= 11 is 0. The Labute approximate surface area is 294 Å². The Kier molecular flexibility index (Phi) is 39.1. The van der Waals surface area contributed by atoms with Crippen LogP contribution in [0.15, 0.2) is 48.6 Å². The number of allylic oxidation sites excluding steroid dienone is 8. The van der Waals surface area contributed by atoms with E-state index in [9.17, 15) is 4.79 Å². The molecule has 0 saturated carbocycles. The highest BCUT2D eigenvalue weighted by Gasteiger charge is 2.09. The van der Waals surface area contributed by atoms with E-state index in [4.69, 9.17) is 0 Å². The summed E-state index contributed by atoms with van der Waals surface area (Å²) in [5, 5.41) is 5.43. The van der Waals surface area contributed by atoms with Crippen LogP contribution in [-0.4, -0.2) is 37.6 Å². The third-order valence-electron chi connectivity index (χ3n) is 8.87. The van der Waals surface area contributed by atoms with Crippen LogP contribution in [-0.2, 0) is 4.79 Å². The van der Waals surface area contributed by atoms with E-state index in [1.54, 1.807) is 0 Å². The Hall–Kier alpha value is -1.65. The number of nitrogens with zero attached hydrogens (tertiary/aromatic N) is 1. The van der Waals surface area contributed by atoms with Crippen molar-refractivity contribution in [1.29, 1.82) is 0 Å². The van der Waals surface area contributed by atoms with Gasteiger partial charge in [-0.25, -0.2) is 5.01 Å². The lowest BCUT2D eigenvalue weighted by atomic mass is 10.1. The molecule has 4 nitrogen and oxygen atoms in total. The predicted molar refractivity (Wildman–Crippen MR) is 211 cm³/mol. The second-order valence-corrected chi connectivity index (χ2v) is 13.6. The van der Waals surface area contributed by atoms with Crippen LogP contribution in [0.4, 0.5) is 0 Å². The molecule has 0 bridgehead atoms. The fraction of sp³-hybridized carbons (Fsp3) is 0.791. The van der Waals surface area contributed by atoms with Gasteiger partial charge in [0.25, 0.3) is 0 Å². The molecular formula is C43H81N3O. The highest BCUT2D eigenvalue weighted by Crippen LogP contribution is 2.11. The average Bonchev–Trinajstić information content (AvgIpc) is 3.07. The van der Waals surface area contributed by atoms with E-state index >= 15 is 0 Å². The minimum absolute atomic E-state index is 0.203. The first-order valence-corrected chi connectivity index (χ1v) is 20.5. The Morgan fingerprint density at radius 2 is 0.851 bits per heavy atom. The van der Waals surface area contributed by atoms with Gasteiger partial charge in [-0.1, -0.05) is 146 Å². The molecule has 4 heteroatoms. The number of hydrogen-bond donors (Lipinski definition) is 2. The molecule has 0 aromatic carbocycles. The maximum absolute atomic E-state index is 12.6. The summed E-state index contributed by atoms with van der Waals surface area (Å²) in [6.07, 6.45) is 53.1. The number of carbonyl (C=O) groups is 1. The number of rotatable bonds is 37. The molecule has 274 valence electrons. The number of hydrazine groups is 1. The van der Waals surface area contributed by atoms with Crippen LogP contribution in [0.25, 0.3) is 0 Å². The molecule has 0 radical (unpaired) electrons. The zero-order chi connectivity index (χ0) is 34.1. The first-order chi connectivity index (χ1) is 23.2. The summed E-state index contributed by atoms with van der Waals surface area (Å²) in [5.74, 6) is 0.203.